The van der Waals surface area contributed by atoms with Crippen molar-refractivity contribution in [1.82, 2.24) is 0 Å². The van der Waals surface area contributed by atoms with E-state index in [9.17, 15) is 29.8 Å². The van der Waals surface area contributed by atoms with Crippen LogP contribution in [0.4, 0.5) is 11.4 Å². The minimum Gasteiger partial charge on any atom is -0.462 e. The van der Waals surface area contributed by atoms with E-state index in [1.165, 1.54) is 6.92 Å². The number of hydrogen-bond donors (Lipinski definition) is 0. The summed E-state index contributed by atoms with van der Waals surface area (Å²) in [5.41, 5.74) is -0.561. The summed E-state index contributed by atoms with van der Waals surface area (Å²) in [6, 6.07) is 1.99. The molecular weight excluding hydrogens is 384 g/mol. The topological polar surface area (TPSA) is 139 Å². The molecule has 160 valence electrons. The molecule has 0 saturated heterocycles. The molecule has 1 aromatic rings. The van der Waals surface area contributed by atoms with Gasteiger partial charge in [0.1, 0.15) is 12.7 Å². The number of esters is 2. The molecule has 29 heavy (non-hydrogen) atoms. The van der Waals surface area contributed by atoms with Crippen LogP contribution in [0.5, 0.6) is 0 Å². The van der Waals surface area contributed by atoms with Crippen molar-refractivity contribution in [1.29, 1.82) is 0 Å². The molecule has 10 heteroatoms. The van der Waals surface area contributed by atoms with Gasteiger partial charge in [0.15, 0.2) is 0 Å². The van der Waals surface area contributed by atoms with Crippen LogP contribution in [0.15, 0.2) is 12.1 Å². The quantitative estimate of drug-likeness (QED) is 0.303. The summed E-state index contributed by atoms with van der Waals surface area (Å²) in [7, 11) is 0. The van der Waals surface area contributed by atoms with Crippen LogP contribution in [0.2, 0.25) is 0 Å². The van der Waals surface area contributed by atoms with E-state index in [2.05, 4.69) is 0 Å². The second-order valence-corrected chi connectivity index (χ2v) is 6.98. The first kappa shape index (κ1) is 24.0. The average Bonchev–Trinajstić information content (AvgIpc) is 2.64. The highest BCUT2D eigenvalue weighted by atomic mass is 16.6. The van der Waals surface area contributed by atoms with Crippen molar-refractivity contribution in [2.75, 3.05) is 0 Å². The first-order valence-electron chi connectivity index (χ1n) is 9.34. The molecule has 0 aliphatic carbocycles. The molecular formula is C19H26N2O8. The first-order chi connectivity index (χ1) is 13.6. The fourth-order valence-electron chi connectivity index (χ4n) is 2.66. The van der Waals surface area contributed by atoms with Crippen LogP contribution < -0.4 is 0 Å². The molecule has 1 rings (SSSR count). The maximum Gasteiger partial charge on any atom is 0.306 e. The van der Waals surface area contributed by atoms with Crippen LogP contribution in [0.25, 0.3) is 0 Å². The summed E-state index contributed by atoms with van der Waals surface area (Å²) in [4.78, 5) is 44.4. The van der Waals surface area contributed by atoms with Gasteiger partial charge in [0.25, 0.3) is 11.4 Å². The van der Waals surface area contributed by atoms with Gasteiger partial charge >= 0.3 is 11.9 Å². The van der Waals surface area contributed by atoms with Crippen LogP contribution in [-0.4, -0.2) is 27.9 Å². The van der Waals surface area contributed by atoms with E-state index in [4.69, 9.17) is 9.47 Å². The lowest BCUT2D eigenvalue weighted by molar-refractivity contribution is -0.394. The number of non-ortho nitro benzene ring substituents is 1. The molecule has 0 fully saturated rings. The summed E-state index contributed by atoms with van der Waals surface area (Å²) < 4.78 is 10.4. The Bertz CT molecular complexity index is 776. The number of benzene rings is 1. The summed E-state index contributed by atoms with van der Waals surface area (Å²) in [6.07, 6.45) is 1.02. The van der Waals surface area contributed by atoms with Crippen molar-refractivity contribution in [2.45, 2.75) is 66.1 Å². The molecule has 0 aromatic heterocycles. The highest BCUT2D eigenvalue weighted by molar-refractivity contribution is 5.77. The molecule has 0 aliphatic heterocycles. The molecule has 0 spiro atoms. The number of carbonyl (C=O) groups excluding carboxylic acids is 2. The fraction of sp³-hybridized carbons (Fsp3) is 0.579. The SMILES string of the molecule is CCCC(OC(=O)CCC(=O)OCc1cc([N+](=O)[O-])cc([N+](=O)[O-])c1C)C(C)C. The van der Waals surface area contributed by atoms with E-state index in [0.717, 1.165) is 25.0 Å². The minimum absolute atomic E-state index is 0.153. The van der Waals surface area contributed by atoms with Crippen LogP contribution in [0.3, 0.4) is 0 Å². The number of nitro groups is 2. The lowest BCUT2D eigenvalue weighted by Crippen LogP contribution is -2.24. The second kappa shape index (κ2) is 11.1. The van der Waals surface area contributed by atoms with E-state index < -0.39 is 33.2 Å². The number of ether oxygens (including phenoxy) is 2. The molecule has 0 bridgehead atoms. The van der Waals surface area contributed by atoms with Gasteiger partial charge in [-0.15, -0.1) is 0 Å². The van der Waals surface area contributed by atoms with E-state index in [-0.39, 0.29) is 42.6 Å². The molecule has 0 N–H and O–H groups in total. The smallest absolute Gasteiger partial charge is 0.306 e. The number of rotatable bonds is 11. The molecule has 10 nitrogen and oxygen atoms in total. The Kier molecular flexibility index (Phi) is 9.17. The zero-order valence-electron chi connectivity index (χ0n) is 17.0. The van der Waals surface area contributed by atoms with Crippen LogP contribution in [0.1, 0.15) is 57.6 Å². The second-order valence-electron chi connectivity index (χ2n) is 6.98. The summed E-state index contributed by atoms with van der Waals surface area (Å²) >= 11 is 0. The molecule has 0 aliphatic rings. The minimum atomic E-state index is -0.755. The van der Waals surface area contributed by atoms with Crippen LogP contribution in [-0.2, 0) is 25.7 Å². The van der Waals surface area contributed by atoms with E-state index in [1.54, 1.807) is 0 Å². The van der Waals surface area contributed by atoms with Gasteiger partial charge in [-0.25, -0.2) is 0 Å². The van der Waals surface area contributed by atoms with Crippen molar-refractivity contribution in [3.8, 4) is 0 Å². The summed E-state index contributed by atoms with van der Waals surface area (Å²) in [5.74, 6) is -1.04. The Morgan fingerprint density at radius 2 is 1.69 bits per heavy atom. The van der Waals surface area contributed by atoms with Gasteiger partial charge in [0, 0.05) is 17.2 Å². The zero-order chi connectivity index (χ0) is 22.1. The third kappa shape index (κ3) is 7.47. The van der Waals surface area contributed by atoms with E-state index in [1.807, 2.05) is 20.8 Å². The van der Waals surface area contributed by atoms with Crippen molar-refractivity contribution in [3.05, 3.63) is 43.5 Å². The Balaban J connectivity index is 2.67. The molecule has 1 unspecified atom stereocenters. The van der Waals surface area contributed by atoms with E-state index in [0.29, 0.717) is 0 Å². The van der Waals surface area contributed by atoms with Gasteiger partial charge in [-0.05, 0) is 19.3 Å². The van der Waals surface area contributed by atoms with Gasteiger partial charge in [-0.3, -0.25) is 29.8 Å². The van der Waals surface area contributed by atoms with Crippen molar-refractivity contribution >= 4 is 23.3 Å². The predicted octanol–water partition coefficient (Wildman–Crippen LogP) is 4.00. The molecule has 0 radical (unpaired) electrons. The first-order valence-corrected chi connectivity index (χ1v) is 9.34. The predicted molar refractivity (Wildman–Crippen MR) is 103 cm³/mol. The largest absolute Gasteiger partial charge is 0.462 e. The number of hydrogen-bond acceptors (Lipinski definition) is 8. The average molecular weight is 410 g/mol. The van der Waals surface area contributed by atoms with Gasteiger partial charge < -0.3 is 9.47 Å². The number of nitro benzene ring substituents is 2. The molecule has 0 saturated carbocycles. The van der Waals surface area contributed by atoms with Crippen LogP contribution >= 0.6 is 0 Å². The standard InChI is InChI=1S/C19H26N2O8/c1-5-6-17(12(2)3)29-19(23)8-7-18(22)28-11-14-9-15(20(24)25)10-16(13(14)4)21(26)27/h9-10,12,17H,5-8,11H2,1-4H3. The highest BCUT2D eigenvalue weighted by Gasteiger charge is 2.22. The summed E-state index contributed by atoms with van der Waals surface area (Å²) in [5, 5.41) is 22.0. The summed E-state index contributed by atoms with van der Waals surface area (Å²) in [6.45, 7) is 6.93. The van der Waals surface area contributed by atoms with Crippen molar-refractivity contribution in [3.63, 3.8) is 0 Å². The molecule has 0 heterocycles. The normalized spacial score (nSPS) is 11.8. The maximum absolute atomic E-state index is 11.9. The third-order valence-corrected chi connectivity index (χ3v) is 4.40. The monoisotopic (exact) mass is 410 g/mol. The van der Waals surface area contributed by atoms with Gasteiger partial charge in [0.05, 0.1) is 28.8 Å². The van der Waals surface area contributed by atoms with Crippen LogP contribution in [0, 0.1) is 33.1 Å². The lowest BCUT2D eigenvalue weighted by Gasteiger charge is -2.20. The Labute approximate surface area is 168 Å². The van der Waals surface area contributed by atoms with Gasteiger partial charge in [0.2, 0.25) is 0 Å². The Hall–Kier alpha value is -3.04. The Morgan fingerprint density at radius 3 is 2.21 bits per heavy atom. The highest BCUT2D eigenvalue weighted by Crippen LogP contribution is 2.28. The fourth-order valence-corrected chi connectivity index (χ4v) is 2.66. The lowest BCUT2D eigenvalue weighted by atomic mass is 10.0. The Morgan fingerprint density at radius 1 is 1.07 bits per heavy atom. The van der Waals surface area contributed by atoms with Gasteiger partial charge in [-0.2, -0.15) is 0 Å². The molecule has 1 atom stereocenters. The molecule has 0 amide bonds. The van der Waals surface area contributed by atoms with E-state index >= 15 is 0 Å². The zero-order valence-corrected chi connectivity index (χ0v) is 17.0. The number of carbonyl (C=O) groups is 2. The third-order valence-electron chi connectivity index (χ3n) is 4.40. The van der Waals surface area contributed by atoms with Crippen molar-refractivity contribution < 1.29 is 28.9 Å². The number of nitrogens with zero attached hydrogens (tertiary/aromatic N) is 2. The van der Waals surface area contributed by atoms with Crippen molar-refractivity contribution in [2.24, 2.45) is 5.92 Å². The molecule has 1 aromatic carbocycles. The maximum atomic E-state index is 11.9. The van der Waals surface area contributed by atoms with Gasteiger partial charge in [-0.1, -0.05) is 27.2 Å².